The van der Waals surface area contributed by atoms with E-state index in [9.17, 15) is 14.4 Å². The van der Waals surface area contributed by atoms with Gasteiger partial charge in [-0.15, -0.1) is 0 Å². The Morgan fingerprint density at radius 1 is 1.24 bits per heavy atom. The fourth-order valence-electron chi connectivity index (χ4n) is 2.94. The van der Waals surface area contributed by atoms with Gasteiger partial charge in [0.05, 0.1) is 11.1 Å². The fourth-order valence-corrected chi connectivity index (χ4v) is 2.94. The molecule has 2 atom stereocenters. The third kappa shape index (κ3) is 2.31. The summed E-state index contributed by atoms with van der Waals surface area (Å²) in [5.74, 6) is -0.801. The molecule has 3 N–H and O–H groups in total. The van der Waals surface area contributed by atoms with Gasteiger partial charge >= 0.3 is 0 Å². The maximum Gasteiger partial charge on any atom is 0.261 e. The van der Waals surface area contributed by atoms with Crippen LogP contribution in [-0.2, 0) is 4.79 Å². The summed E-state index contributed by atoms with van der Waals surface area (Å²) in [6.45, 7) is 0. The van der Waals surface area contributed by atoms with Crippen LogP contribution in [0.15, 0.2) is 18.2 Å². The van der Waals surface area contributed by atoms with Crippen molar-refractivity contribution in [3.63, 3.8) is 0 Å². The molecule has 1 aromatic rings. The van der Waals surface area contributed by atoms with Gasteiger partial charge in [0.15, 0.2) is 0 Å². The van der Waals surface area contributed by atoms with Crippen LogP contribution in [0.5, 0.6) is 0 Å². The van der Waals surface area contributed by atoms with Crippen molar-refractivity contribution < 1.29 is 14.4 Å². The molecule has 6 nitrogen and oxygen atoms in total. The second-order valence-electron chi connectivity index (χ2n) is 5.69. The average molecular weight is 287 g/mol. The Kier molecular flexibility index (Phi) is 3.25. The second-order valence-corrected chi connectivity index (χ2v) is 5.69. The van der Waals surface area contributed by atoms with E-state index in [0.29, 0.717) is 23.2 Å². The molecule has 2 unspecified atom stereocenters. The SMILES string of the molecule is CN1C(=O)c2ccc(NC(=O)C3CCC(N)C3)cc2C1=O. The van der Waals surface area contributed by atoms with Crippen LogP contribution < -0.4 is 11.1 Å². The largest absolute Gasteiger partial charge is 0.328 e. The third-order valence-corrected chi connectivity index (χ3v) is 4.20. The van der Waals surface area contributed by atoms with Gasteiger partial charge in [-0.1, -0.05) is 0 Å². The lowest BCUT2D eigenvalue weighted by Crippen LogP contribution is -2.24. The lowest BCUT2D eigenvalue weighted by molar-refractivity contribution is -0.119. The van der Waals surface area contributed by atoms with E-state index >= 15 is 0 Å². The minimum absolute atomic E-state index is 0.0757. The van der Waals surface area contributed by atoms with Crippen LogP contribution in [-0.4, -0.2) is 35.7 Å². The van der Waals surface area contributed by atoms with E-state index in [0.717, 1.165) is 17.7 Å². The fraction of sp³-hybridized carbons (Fsp3) is 0.400. The number of carbonyl (C=O) groups is 3. The molecule has 3 amide bonds. The van der Waals surface area contributed by atoms with Crippen molar-refractivity contribution in [1.29, 1.82) is 0 Å². The van der Waals surface area contributed by atoms with Crippen molar-refractivity contribution in [1.82, 2.24) is 4.90 Å². The van der Waals surface area contributed by atoms with Gasteiger partial charge in [-0.3, -0.25) is 19.3 Å². The van der Waals surface area contributed by atoms with E-state index in [1.54, 1.807) is 18.2 Å². The standard InChI is InChI=1S/C15H17N3O3/c1-18-14(20)11-5-4-10(7-12(11)15(18)21)17-13(19)8-2-3-9(16)6-8/h4-5,7-9H,2-3,6,16H2,1H3,(H,17,19). The predicted octanol–water partition coefficient (Wildman–Crippen LogP) is 0.978. The Morgan fingerprint density at radius 2 is 1.95 bits per heavy atom. The summed E-state index contributed by atoms with van der Waals surface area (Å²) in [5, 5.41) is 2.81. The number of rotatable bonds is 2. The minimum Gasteiger partial charge on any atom is -0.328 e. The maximum atomic E-state index is 12.1. The van der Waals surface area contributed by atoms with Gasteiger partial charge in [-0.05, 0) is 37.5 Å². The minimum atomic E-state index is -0.339. The van der Waals surface area contributed by atoms with Crippen molar-refractivity contribution in [2.75, 3.05) is 12.4 Å². The molecule has 0 saturated heterocycles. The molecule has 1 aromatic carbocycles. The number of amides is 3. The van der Waals surface area contributed by atoms with Crippen LogP contribution in [0, 0.1) is 5.92 Å². The summed E-state index contributed by atoms with van der Waals surface area (Å²) >= 11 is 0. The molecule has 0 bridgehead atoms. The van der Waals surface area contributed by atoms with Gasteiger partial charge in [0.25, 0.3) is 11.8 Å². The third-order valence-electron chi connectivity index (χ3n) is 4.20. The van der Waals surface area contributed by atoms with Gasteiger partial charge in [-0.25, -0.2) is 0 Å². The molecule has 0 aromatic heterocycles. The monoisotopic (exact) mass is 287 g/mol. The lowest BCUT2D eigenvalue weighted by Gasteiger charge is -2.11. The highest BCUT2D eigenvalue weighted by molar-refractivity contribution is 6.21. The summed E-state index contributed by atoms with van der Waals surface area (Å²) in [5.41, 5.74) is 7.06. The molecule has 2 aliphatic rings. The number of imide groups is 1. The first kappa shape index (κ1) is 13.8. The van der Waals surface area contributed by atoms with E-state index in [1.165, 1.54) is 7.05 Å². The smallest absolute Gasteiger partial charge is 0.261 e. The first-order chi connectivity index (χ1) is 9.97. The van der Waals surface area contributed by atoms with Crippen molar-refractivity contribution in [3.8, 4) is 0 Å². The Labute approximate surface area is 122 Å². The molecule has 0 radical (unpaired) electrons. The van der Waals surface area contributed by atoms with Gasteiger partial charge < -0.3 is 11.1 Å². The van der Waals surface area contributed by atoms with E-state index in [1.807, 2.05) is 0 Å². The van der Waals surface area contributed by atoms with Crippen molar-refractivity contribution in [3.05, 3.63) is 29.3 Å². The Bertz CT molecular complexity index is 641. The number of fused-ring (bicyclic) bond motifs is 1. The van der Waals surface area contributed by atoms with E-state index in [-0.39, 0.29) is 29.7 Å². The zero-order valence-electron chi connectivity index (χ0n) is 11.8. The van der Waals surface area contributed by atoms with Crippen molar-refractivity contribution >= 4 is 23.4 Å². The number of benzene rings is 1. The quantitative estimate of drug-likeness (QED) is 0.793. The maximum absolute atomic E-state index is 12.1. The summed E-state index contributed by atoms with van der Waals surface area (Å²) < 4.78 is 0. The number of nitrogens with one attached hydrogen (secondary N) is 1. The zero-order valence-corrected chi connectivity index (χ0v) is 11.8. The van der Waals surface area contributed by atoms with E-state index < -0.39 is 0 Å². The number of nitrogens with zero attached hydrogens (tertiary/aromatic N) is 1. The topological polar surface area (TPSA) is 92.5 Å². The molecular weight excluding hydrogens is 270 g/mol. The Balaban J connectivity index is 1.78. The molecule has 1 aliphatic heterocycles. The molecule has 110 valence electrons. The molecule has 0 spiro atoms. The summed E-state index contributed by atoms with van der Waals surface area (Å²) in [6.07, 6.45) is 2.34. The van der Waals surface area contributed by atoms with Crippen LogP contribution >= 0.6 is 0 Å². The molecule has 3 rings (SSSR count). The van der Waals surface area contributed by atoms with Crippen LogP contribution in [0.1, 0.15) is 40.0 Å². The van der Waals surface area contributed by atoms with Crippen molar-refractivity contribution in [2.24, 2.45) is 11.7 Å². The Hall–Kier alpha value is -2.21. The highest BCUT2D eigenvalue weighted by Gasteiger charge is 2.33. The predicted molar refractivity (Wildman–Crippen MR) is 76.8 cm³/mol. The Morgan fingerprint density at radius 3 is 2.62 bits per heavy atom. The van der Waals surface area contributed by atoms with Gasteiger partial charge in [0, 0.05) is 24.7 Å². The van der Waals surface area contributed by atoms with E-state index in [4.69, 9.17) is 5.73 Å². The van der Waals surface area contributed by atoms with Crippen molar-refractivity contribution in [2.45, 2.75) is 25.3 Å². The first-order valence-electron chi connectivity index (χ1n) is 7.00. The number of hydrogen-bond donors (Lipinski definition) is 2. The number of nitrogens with two attached hydrogens (primary N) is 1. The molecule has 1 fully saturated rings. The molecule has 21 heavy (non-hydrogen) atoms. The van der Waals surface area contributed by atoms with Crippen LogP contribution in [0.2, 0.25) is 0 Å². The molecule has 6 heteroatoms. The molecule has 1 saturated carbocycles. The molecule has 1 heterocycles. The van der Waals surface area contributed by atoms with E-state index in [2.05, 4.69) is 5.32 Å². The average Bonchev–Trinajstić information content (AvgIpc) is 2.98. The number of carbonyl (C=O) groups excluding carboxylic acids is 3. The zero-order chi connectivity index (χ0) is 15.1. The molecular formula is C15H17N3O3. The van der Waals surface area contributed by atoms with Gasteiger partial charge in [0.2, 0.25) is 5.91 Å². The van der Waals surface area contributed by atoms with Crippen LogP contribution in [0.3, 0.4) is 0 Å². The summed E-state index contributed by atoms with van der Waals surface area (Å²) in [4.78, 5) is 36.9. The van der Waals surface area contributed by atoms with Gasteiger partial charge in [-0.2, -0.15) is 0 Å². The second kappa shape index (κ2) is 4.96. The lowest BCUT2D eigenvalue weighted by atomic mass is 10.1. The normalized spacial score (nSPS) is 24.4. The highest BCUT2D eigenvalue weighted by atomic mass is 16.2. The van der Waals surface area contributed by atoms with Crippen LogP contribution in [0.4, 0.5) is 5.69 Å². The highest BCUT2D eigenvalue weighted by Crippen LogP contribution is 2.28. The first-order valence-corrected chi connectivity index (χ1v) is 7.00. The summed E-state index contributed by atoms with van der Waals surface area (Å²) in [7, 11) is 1.45. The summed E-state index contributed by atoms with van der Waals surface area (Å²) in [6, 6.07) is 4.88. The van der Waals surface area contributed by atoms with Crippen LogP contribution in [0.25, 0.3) is 0 Å². The number of hydrogen-bond acceptors (Lipinski definition) is 4. The molecule has 1 aliphatic carbocycles. The van der Waals surface area contributed by atoms with Gasteiger partial charge in [0.1, 0.15) is 0 Å². The number of anilines is 1.